The highest BCUT2D eigenvalue weighted by Gasteiger charge is 2.47. The molecule has 2 heterocycles. The molecule has 0 aromatic rings. The first-order valence-electron chi connectivity index (χ1n) is 26.2. The minimum absolute atomic E-state index is 0.0246. The van der Waals surface area contributed by atoms with Crippen molar-refractivity contribution in [1.82, 2.24) is 0 Å². The maximum atomic E-state index is 13.0. The Labute approximate surface area is 403 Å². The number of carbonyl (C=O) groups is 1. The summed E-state index contributed by atoms with van der Waals surface area (Å²) in [5, 5.41) is 72.1. The van der Waals surface area contributed by atoms with Gasteiger partial charge in [-0.1, -0.05) is 178 Å². The third-order valence-corrected chi connectivity index (χ3v) is 12.4. The van der Waals surface area contributed by atoms with E-state index < -0.39 is 86.7 Å². The second-order valence-corrected chi connectivity index (χ2v) is 18.3. The van der Waals surface area contributed by atoms with Crippen molar-refractivity contribution in [3.05, 3.63) is 48.6 Å². The van der Waals surface area contributed by atoms with Crippen LogP contribution in [0, 0.1) is 0 Å². The van der Waals surface area contributed by atoms with Gasteiger partial charge >= 0.3 is 5.97 Å². The van der Waals surface area contributed by atoms with Crippen LogP contribution in [0.2, 0.25) is 0 Å². The summed E-state index contributed by atoms with van der Waals surface area (Å²) < 4.78 is 34.2. The summed E-state index contributed by atoms with van der Waals surface area (Å²) in [6.07, 6.45) is 30.5. The smallest absolute Gasteiger partial charge is 0.306 e. The van der Waals surface area contributed by atoms with Crippen LogP contribution in [0.25, 0.3) is 0 Å². The quantitative estimate of drug-likeness (QED) is 0.0176. The fourth-order valence-corrected chi connectivity index (χ4v) is 8.11. The molecule has 0 bridgehead atoms. The van der Waals surface area contributed by atoms with Crippen LogP contribution >= 0.6 is 0 Å². The van der Waals surface area contributed by atoms with Crippen molar-refractivity contribution in [1.29, 1.82) is 0 Å². The number of hydrogen-bond donors (Lipinski definition) is 7. The largest absolute Gasteiger partial charge is 0.457 e. The van der Waals surface area contributed by atoms with E-state index in [0.717, 1.165) is 57.8 Å². The number of hydrogen-bond acceptors (Lipinski definition) is 14. The topological polar surface area (TPSA) is 214 Å². The van der Waals surface area contributed by atoms with Crippen molar-refractivity contribution in [2.24, 2.45) is 0 Å². The van der Waals surface area contributed by atoms with Crippen LogP contribution < -0.4 is 0 Å². The van der Waals surface area contributed by atoms with Gasteiger partial charge in [0.15, 0.2) is 12.6 Å². The zero-order chi connectivity index (χ0) is 48.7. The molecular weight excluding hydrogens is 861 g/mol. The van der Waals surface area contributed by atoms with Gasteiger partial charge in [-0.15, -0.1) is 0 Å². The second kappa shape index (κ2) is 40.7. The third kappa shape index (κ3) is 28.4. The summed E-state index contributed by atoms with van der Waals surface area (Å²) in [4.78, 5) is 13.0. The van der Waals surface area contributed by atoms with E-state index in [1.54, 1.807) is 0 Å². The normalized spacial score (nSPS) is 26.5. The molecule has 14 heteroatoms. The highest BCUT2D eigenvalue weighted by Crippen LogP contribution is 2.26. The fraction of sp³-hybridized carbons (Fsp3) is 0.830. The molecular formula is C53H94O14. The van der Waals surface area contributed by atoms with Gasteiger partial charge in [-0.3, -0.25) is 4.79 Å². The van der Waals surface area contributed by atoms with Crippen molar-refractivity contribution in [2.75, 3.05) is 33.0 Å². The number of allylic oxidation sites excluding steroid dienone is 8. The Balaban J connectivity index is 1.77. The molecule has 0 saturated carbocycles. The lowest BCUT2D eigenvalue weighted by Crippen LogP contribution is -2.61. The van der Waals surface area contributed by atoms with Gasteiger partial charge in [0.25, 0.3) is 0 Å². The van der Waals surface area contributed by atoms with Crippen LogP contribution in [-0.2, 0) is 33.2 Å². The molecule has 0 amide bonds. The summed E-state index contributed by atoms with van der Waals surface area (Å²) in [5.74, 6) is -0.393. The fourth-order valence-electron chi connectivity index (χ4n) is 8.11. The first-order valence-corrected chi connectivity index (χ1v) is 26.2. The van der Waals surface area contributed by atoms with E-state index in [4.69, 9.17) is 28.4 Å². The molecule has 0 aromatic carbocycles. The molecule has 67 heavy (non-hydrogen) atoms. The molecule has 7 N–H and O–H groups in total. The molecule has 0 aromatic heterocycles. The van der Waals surface area contributed by atoms with Crippen molar-refractivity contribution in [3.63, 3.8) is 0 Å². The Bertz CT molecular complexity index is 1290. The third-order valence-electron chi connectivity index (χ3n) is 12.4. The number of esters is 1. The minimum atomic E-state index is -1.72. The standard InChI is InChI=1S/C53H94O14/c1-3-5-7-9-11-13-15-17-19-20-21-22-23-24-26-28-30-32-34-36-45(55)65-42(39-62-37-35-33-31-29-27-25-18-16-14-12-10-8-6-4-2)40-63-52-51(61)49(59)47(57)44(67-52)41-64-53-50(60)48(58)46(56)43(38-54)66-53/h6,8,12,14,18,25,29,31,42-44,46-54,56-61H,3-5,7,9-11,13,15-17,19-24,26-28,30,32-41H2,1-2H3/b8-6-,14-12-,25-18-,31-29-. The van der Waals surface area contributed by atoms with Gasteiger partial charge in [-0.05, 0) is 44.9 Å². The highest BCUT2D eigenvalue weighted by atomic mass is 16.7. The predicted octanol–water partition coefficient (Wildman–Crippen LogP) is 7.96. The lowest BCUT2D eigenvalue weighted by Gasteiger charge is -2.42. The van der Waals surface area contributed by atoms with E-state index in [2.05, 4.69) is 62.5 Å². The molecule has 11 unspecified atom stereocenters. The Morgan fingerprint density at radius 3 is 1.46 bits per heavy atom. The lowest BCUT2D eigenvalue weighted by molar-refractivity contribution is -0.332. The monoisotopic (exact) mass is 955 g/mol. The molecule has 2 saturated heterocycles. The summed E-state index contributed by atoms with van der Waals surface area (Å²) in [6, 6.07) is 0. The zero-order valence-corrected chi connectivity index (χ0v) is 41.4. The number of aliphatic hydroxyl groups is 7. The summed E-state index contributed by atoms with van der Waals surface area (Å²) >= 11 is 0. The predicted molar refractivity (Wildman–Crippen MR) is 261 cm³/mol. The van der Waals surface area contributed by atoms with Crippen LogP contribution in [0.1, 0.15) is 181 Å². The average Bonchev–Trinajstić information content (AvgIpc) is 3.32. The maximum absolute atomic E-state index is 13.0. The van der Waals surface area contributed by atoms with Gasteiger partial charge in [-0.2, -0.15) is 0 Å². The van der Waals surface area contributed by atoms with Gasteiger partial charge < -0.3 is 64.2 Å². The van der Waals surface area contributed by atoms with E-state index in [9.17, 15) is 40.5 Å². The molecule has 390 valence electrons. The molecule has 14 nitrogen and oxygen atoms in total. The number of ether oxygens (including phenoxy) is 6. The van der Waals surface area contributed by atoms with E-state index >= 15 is 0 Å². The lowest BCUT2D eigenvalue weighted by atomic mass is 9.98. The molecule has 0 spiro atoms. The Morgan fingerprint density at radius 2 is 0.955 bits per heavy atom. The first-order chi connectivity index (χ1) is 32.6. The van der Waals surface area contributed by atoms with Gasteiger partial charge in [0.2, 0.25) is 0 Å². The van der Waals surface area contributed by atoms with E-state index in [1.165, 1.54) is 96.3 Å². The summed E-state index contributed by atoms with van der Waals surface area (Å²) in [5.41, 5.74) is 0. The van der Waals surface area contributed by atoms with Crippen LogP contribution in [0.5, 0.6) is 0 Å². The number of unbranched alkanes of at least 4 members (excludes halogenated alkanes) is 19. The van der Waals surface area contributed by atoms with Crippen molar-refractivity contribution in [3.8, 4) is 0 Å². The Morgan fingerprint density at radius 1 is 0.507 bits per heavy atom. The summed E-state index contributed by atoms with van der Waals surface area (Å²) in [6.45, 7) is 3.43. The number of carbonyl (C=O) groups excluding carboxylic acids is 1. The average molecular weight is 955 g/mol. The first kappa shape index (κ1) is 61.1. The van der Waals surface area contributed by atoms with Gasteiger partial charge in [0.1, 0.15) is 54.9 Å². The maximum Gasteiger partial charge on any atom is 0.306 e. The number of aliphatic hydroxyl groups excluding tert-OH is 7. The molecule has 2 fully saturated rings. The van der Waals surface area contributed by atoms with Gasteiger partial charge in [0, 0.05) is 13.0 Å². The SMILES string of the molecule is CC/C=C\C/C=C\C/C=C\C/C=C\CCCOCC(COC1OC(COC2OC(CO)C(O)C(O)C2O)C(O)C(O)C1O)OC(=O)CCCCCCCCCCCCCCCCCCCCC. The van der Waals surface area contributed by atoms with E-state index in [0.29, 0.717) is 13.0 Å². The Hall–Kier alpha value is -2.05. The number of rotatable bonds is 41. The van der Waals surface area contributed by atoms with Crippen LogP contribution in [0.3, 0.4) is 0 Å². The molecule has 2 aliphatic rings. The van der Waals surface area contributed by atoms with Gasteiger partial charge in [-0.25, -0.2) is 0 Å². The molecule has 2 aliphatic heterocycles. The summed E-state index contributed by atoms with van der Waals surface area (Å²) in [7, 11) is 0. The molecule has 11 atom stereocenters. The molecule has 2 rings (SSSR count). The van der Waals surface area contributed by atoms with Crippen LogP contribution in [0.15, 0.2) is 48.6 Å². The Kier molecular flexibility index (Phi) is 37.1. The molecule has 0 radical (unpaired) electrons. The molecule has 0 aliphatic carbocycles. The van der Waals surface area contributed by atoms with E-state index in [-0.39, 0.29) is 19.6 Å². The zero-order valence-electron chi connectivity index (χ0n) is 41.4. The van der Waals surface area contributed by atoms with Crippen LogP contribution in [0.4, 0.5) is 0 Å². The minimum Gasteiger partial charge on any atom is -0.457 e. The van der Waals surface area contributed by atoms with Gasteiger partial charge in [0.05, 0.1) is 26.4 Å². The van der Waals surface area contributed by atoms with E-state index in [1.807, 2.05) is 0 Å². The van der Waals surface area contributed by atoms with Crippen molar-refractivity contribution in [2.45, 2.75) is 248 Å². The van der Waals surface area contributed by atoms with Crippen molar-refractivity contribution < 1.29 is 69.0 Å². The van der Waals surface area contributed by atoms with Crippen molar-refractivity contribution >= 4 is 5.97 Å². The van der Waals surface area contributed by atoms with Crippen LogP contribution in [-0.4, -0.2) is 142 Å². The second-order valence-electron chi connectivity index (χ2n) is 18.3. The highest BCUT2D eigenvalue weighted by molar-refractivity contribution is 5.69.